The first-order valence-electron chi connectivity index (χ1n) is 7.21. The summed E-state index contributed by atoms with van der Waals surface area (Å²) in [6.45, 7) is 2.64. The van der Waals surface area contributed by atoms with Gasteiger partial charge < -0.3 is 9.05 Å². The molecule has 0 aliphatic heterocycles. The van der Waals surface area contributed by atoms with Crippen LogP contribution in [0, 0.1) is 11.8 Å². The standard InChI is InChI=1S/C17H17F2O3P/c1-3-21-23(20,22-4-2)17(18,19)13-12-15-10-7-9-14-8-5-6-11-16(14)15/h5-11H,3-4H2,1-2H3. The Morgan fingerprint density at radius 2 is 1.65 bits per heavy atom. The maximum absolute atomic E-state index is 14.2. The molecule has 0 aliphatic rings. The van der Waals surface area contributed by atoms with Crippen molar-refractivity contribution in [1.29, 1.82) is 0 Å². The molecule has 6 heteroatoms. The molecule has 0 saturated heterocycles. The SMILES string of the molecule is CCOP(=O)(OCC)C(F)(F)C#Cc1cccc2ccccc12. The van der Waals surface area contributed by atoms with Crippen molar-refractivity contribution in [3.05, 3.63) is 48.0 Å². The van der Waals surface area contributed by atoms with Crippen LogP contribution >= 0.6 is 7.60 Å². The summed E-state index contributed by atoms with van der Waals surface area (Å²) in [5.74, 6) is 4.20. The topological polar surface area (TPSA) is 35.5 Å². The summed E-state index contributed by atoms with van der Waals surface area (Å²) in [6.07, 6.45) is 0. The van der Waals surface area contributed by atoms with Crippen LogP contribution < -0.4 is 0 Å². The highest BCUT2D eigenvalue weighted by atomic mass is 31.2. The zero-order valence-electron chi connectivity index (χ0n) is 12.9. The monoisotopic (exact) mass is 338 g/mol. The number of hydrogen-bond donors (Lipinski definition) is 0. The lowest BCUT2D eigenvalue weighted by atomic mass is 10.1. The fraction of sp³-hybridized carbons (Fsp3) is 0.294. The van der Waals surface area contributed by atoms with Crippen LogP contribution in [0.1, 0.15) is 19.4 Å². The van der Waals surface area contributed by atoms with Crippen molar-refractivity contribution in [3.63, 3.8) is 0 Å². The lowest BCUT2D eigenvalue weighted by molar-refractivity contribution is 0.0870. The second-order valence-corrected chi connectivity index (χ2v) is 6.72. The molecule has 0 spiro atoms. The summed E-state index contributed by atoms with van der Waals surface area (Å²) >= 11 is 0. The van der Waals surface area contributed by atoms with E-state index in [1.807, 2.05) is 18.2 Å². The summed E-state index contributed by atoms with van der Waals surface area (Å²) in [6, 6.07) is 12.5. The molecular formula is C17H17F2O3P. The molecular weight excluding hydrogens is 321 g/mol. The van der Waals surface area contributed by atoms with E-state index in [2.05, 4.69) is 5.92 Å². The Kier molecular flexibility index (Phi) is 5.54. The Morgan fingerprint density at radius 1 is 1.04 bits per heavy atom. The molecule has 2 rings (SSSR count). The maximum Gasteiger partial charge on any atom is 0.412 e. The first kappa shape index (κ1) is 17.6. The van der Waals surface area contributed by atoms with Crippen LogP contribution in [0.3, 0.4) is 0 Å². The van der Waals surface area contributed by atoms with Gasteiger partial charge in [-0.25, -0.2) is 0 Å². The van der Waals surface area contributed by atoms with E-state index < -0.39 is 13.3 Å². The number of hydrogen-bond acceptors (Lipinski definition) is 3. The van der Waals surface area contributed by atoms with Gasteiger partial charge in [-0.1, -0.05) is 42.3 Å². The highest BCUT2D eigenvalue weighted by Gasteiger charge is 2.52. The van der Waals surface area contributed by atoms with Crippen molar-refractivity contribution in [3.8, 4) is 11.8 Å². The number of benzene rings is 2. The molecule has 0 aliphatic carbocycles. The second kappa shape index (κ2) is 7.23. The summed E-state index contributed by atoms with van der Waals surface area (Å²) in [5, 5.41) is 1.64. The average molecular weight is 338 g/mol. The van der Waals surface area contributed by atoms with Crippen LogP contribution in [-0.2, 0) is 13.6 Å². The Balaban J connectivity index is 2.44. The molecule has 0 amide bonds. The van der Waals surface area contributed by atoms with E-state index in [0.717, 1.165) is 10.8 Å². The molecule has 122 valence electrons. The maximum atomic E-state index is 14.2. The minimum absolute atomic E-state index is 0.150. The minimum atomic E-state index is -4.63. The Hall–Kier alpha value is -1.73. The van der Waals surface area contributed by atoms with E-state index >= 15 is 0 Å². The number of halogens is 2. The van der Waals surface area contributed by atoms with Gasteiger partial charge in [-0.2, -0.15) is 8.78 Å². The molecule has 0 aromatic heterocycles. The van der Waals surface area contributed by atoms with Crippen LogP contribution in [0.15, 0.2) is 42.5 Å². The van der Waals surface area contributed by atoms with Crippen LogP contribution in [0.5, 0.6) is 0 Å². The molecule has 0 N–H and O–H groups in total. The van der Waals surface area contributed by atoms with Gasteiger partial charge in [0, 0.05) is 5.56 Å². The van der Waals surface area contributed by atoms with Gasteiger partial charge in [0.1, 0.15) is 0 Å². The number of alkyl halides is 2. The Bertz CT molecular complexity index is 778. The van der Waals surface area contributed by atoms with Gasteiger partial charge in [0.15, 0.2) is 0 Å². The van der Waals surface area contributed by atoms with Crippen molar-refractivity contribution in [2.75, 3.05) is 13.2 Å². The van der Waals surface area contributed by atoms with Crippen molar-refractivity contribution in [2.45, 2.75) is 19.5 Å². The third-order valence-electron chi connectivity index (χ3n) is 3.08. The number of rotatable bonds is 5. The van der Waals surface area contributed by atoms with E-state index in [4.69, 9.17) is 9.05 Å². The Labute approximate surface area is 134 Å². The highest BCUT2D eigenvalue weighted by molar-refractivity contribution is 7.55. The predicted molar refractivity (Wildman–Crippen MR) is 86.6 cm³/mol. The van der Waals surface area contributed by atoms with Crippen molar-refractivity contribution < 1.29 is 22.4 Å². The molecule has 2 aromatic rings. The smallest absolute Gasteiger partial charge is 0.304 e. The summed E-state index contributed by atoms with van der Waals surface area (Å²) in [4.78, 5) is 0. The quantitative estimate of drug-likeness (QED) is 0.565. The van der Waals surface area contributed by atoms with Gasteiger partial charge >= 0.3 is 13.3 Å². The average Bonchev–Trinajstić information content (AvgIpc) is 2.53. The molecule has 0 bridgehead atoms. The Morgan fingerprint density at radius 3 is 2.30 bits per heavy atom. The van der Waals surface area contributed by atoms with Gasteiger partial charge in [0.2, 0.25) is 0 Å². The normalized spacial score (nSPS) is 12.0. The summed E-state index contributed by atoms with van der Waals surface area (Å²) in [5.41, 5.74) is -3.45. The van der Waals surface area contributed by atoms with Crippen molar-refractivity contribution in [2.24, 2.45) is 0 Å². The third-order valence-corrected chi connectivity index (χ3v) is 5.08. The highest BCUT2D eigenvalue weighted by Crippen LogP contribution is 2.61. The van der Waals surface area contributed by atoms with Gasteiger partial charge in [-0.05, 0) is 36.6 Å². The molecule has 2 aromatic carbocycles. The van der Waals surface area contributed by atoms with Crippen molar-refractivity contribution >= 4 is 18.4 Å². The van der Waals surface area contributed by atoms with Gasteiger partial charge in [-0.3, -0.25) is 4.57 Å². The predicted octanol–water partition coefficient (Wildman–Crippen LogP) is 5.05. The fourth-order valence-electron chi connectivity index (χ4n) is 2.08. The molecule has 0 radical (unpaired) electrons. The van der Waals surface area contributed by atoms with E-state index in [0.29, 0.717) is 5.56 Å². The van der Waals surface area contributed by atoms with Crippen LogP contribution in [0.2, 0.25) is 0 Å². The van der Waals surface area contributed by atoms with E-state index in [1.54, 1.807) is 30.2 Å². The van der Waals surface area contributed by atoms with Gasteiger partial charge in [-0.15, -0.1) is 0 Å². The molecule has 0 atom stereocenters. The van der Waals surface area contributed by atoms with E-state index in [1.165, 1.54) is 13.8 Å². The lowest BCUT2D eigenvalue weighted by Gasteiger charge is -2.21. The molecule has 0 heterocycles. The second-order valence-electron chi connectivity index (χ2n) is 4.65. The lowest BCUT2D eigenvalue weighted by Crippen LogP contribution is -2.18. The van der Waals surface area contributed by atoms with Crippen LogP contribution in [-0.4, -0.2) is 18.9 Å². The van der Waals surface area contributed by atoms with Gasteiger partial charge in [0.25, 0.3) is 0 Å². The molecule has 3 nitrogen and oxygen atoms in total. The first-order chi connectivity index (χ1) is 10.9. The van der Waals surface area contributed by atoms with E-state index in [9.17, 15) is 13.3 Å². The zero-order chi connectivity index (χ0) is 16.9. The molecule has 0 unspecified atom stereocenters. The van der Waals surface area contributed by atoms with Gasteiger partial charge in [0.05, 0.1) is 13.2 Å². The van der Waals surface area contributed by atoms with Crippen LogP contribution in [0.25, 0.3) is 10.8 Å². The molecule has 0 fully saturated rings. The van der Waals surface area contributed by atoms with Crippen molar-refractivity contribution in [1.82, 2.24) is 0 Å². The number of fused-ring (bicyclic) bond motifs is 1. The molecule has 0 saturated carbocycles. The molecule has 23 heavy (non-hydrogen) atoms. The summed E-state index contributed by atoms with van der Waals surface area (Å²) < 4.78 is 50.1. The fourth-order valence-corrected chi connectivity index (χ4v) is 3.36. The largest absolute Gasteiger partial charge is 0.412 e. The third kappa shape index (κ3) is 3.79. The van der Waals surface area contributed by atoms with E-state index in [-0.39, 0.29) is 13.2 Å². The first-order valence-corrected chi connectivity index (χ1v) is 8.75. The zero-order valence-corrected chi connectivity index (χ0v) is 13.8. The minimum Gasteiger partial charge on any atom is -0.304 e. The summed E-state index contributed by atoms with van der Waals surface area (Å²) in [7, 11) is -4.63. The van der Waals surface area contributed by atoms with Crippen LogP contribution in [0.4, 0.5) is 8.78 Å².